The number of amides is 2. The van der Waals surface area contributed by atoms with Gasteiger partial charge in [-0.3, -0.25) is 0 Å². The summed E-state index contributed by atoms with van der Waals surface area (Å²) < 4.78 is 4.73. The van der Waals surface area contributed by atoms with Crippen LogP contribution in [0.1, 0.15) is 13.8 Å². The van der Waals surface area contributed by atoms with Crippen molar-refractivity contribution in [2.75, 3.05) is 40.9 Å². The maximum absolute atomic E-state index is 11.6. The van der Waals surface area contributed by atoms with Gasteiger partial charge in [0.15, 0.2) is 6.04 Å². The van der Waals surface area contributed by atoms with Gasteiger partial charge in [0.25, 0.3) is 0 Å². The Morgan fingerprint density at radius 1 is 1.37 bits per heavy atom. The van der Waals surface area contributed by atoms with E-state index in [2.05, 4.69) is 10.6 Å². The zero-order valence-corrected chi connectivity index (χ0v) is 12.3. The van der Waals surface area contributed by atoms with Gasteiger partial charge in [0.1, 0.15) is 0 Å². The minimum absolute atomic E-state index is 0.0656. The number of carbonyl (C=O) groups is 2. The SMILES string of the molecule is COCC(NC(=O)NCC(C)(C)CN(C)C)C(=O)O. The molecule has 0 radical (unpaired) electrons. The Morgan fingerprint density at radius 2 is 1.95 bits per heavy atom. The number of aliphatic carboxylic acids is 1. The molecule has 0 aromatic heterocycles. The van der Waals surface area contributed by atoms with Gasteiger partial charge in [0.2, 0.25) is 0 Å². The molecule has 0 saturated carbocycles. The number of ether oxygens (including phenoxy) is 1. The van der Waals surface area contributed by atoms with Gasteiger partial charge in [0.05, 0.1) is 6.61 Å². The van der Waals surface area contributed by atoms with Crippen LogP contribution in [0.4, 0.5) is 4.79 Å². The first-order valence-corrected chi connectivity index (χ1v) is 6.09. The summed E-state index contributed by atoms with van der Waals surface area (Å²) >= 11 is 0. The molecule has 0 aromatic carbocycles. The Balaban J connectivity index is 4.20. The van der Waals surface area contributed by atoms with Crippen molar-refractivity contribution < 1.29 is 19.4 Å². The predicted octanol–water partition coefficient (Wildman–Crippen LogP) is -0.0270. The molecule has 7 heteroatoms. The quantitative estimate of drug-likeness (QED) is 0.579. The lowest BCUT2D eigenvalue weighted by Crippen LogP contribution is -2.50. The summed E-state index contributed by atoms with van der Waals surface area (Å²) in [5, 5.41) is 13.9. The van der Waals surface area contributed by atoms with E-state index in [1.807, 2.05) is 32.8 Å². The smallest absolute Gasteiger partial charge is 0.328 e. The highest BCUT2D eigenvalue weighted by molar-refractivity contribution is 5.82. The third-order valence-electron chi connectivity index (χ3n) is 2.41. The van der Waals surface area contributed by atoms with Crippen molar-refractivity contribution in [2.45, 2.75) is 19.9 Å². The number of carboxylic acid groups (broad SMARTS) is 1. The topological polar surface area (TPSA) is 90.9 Å². The Bertz CT molecular complexity index is 305. The van der Waals surface area contributed by atoms with Gasteiger partial charge in [0, 0.05) is 20.2 Å². The van der Waals surface area contributed by atoms with Crippen LogP contribution in [0.15, 0.2) is 0 Å². The number of rotatable bonds is 8. The van der Waals surface area contributed by atoms with Crippen LogP contribution in [-0.4, -0.2) is 69.0 Å². The minimum atomic E-state index is -1.12. The molecule has 0 saturated heterocycles. The summed E-state index contributed by atoms with van der Waals surface area (Å²) in [6.45, 7) is 5.25. The van der Waals surface area contributed by atoms with E-state index in [4.69, 9.17) is 9.84 Å². The fraction of sp³-hybridized carbons (Fsp3) is 0.833. The lowest BCUT2D eigenvalue weighted by molar-refractivity contribution is -0.140. The second kappa shape index (κ2) is 7.96. The third kappa shape index (κ3) is 8.39. The van der Waals surface area contributed by atoms with Crippen LogP contribution >= 0.6 is 0 Å². The molecule has 0 bridgehead atoms. The highest BCUT2D eigenvalue weighted by atomic mass is 16.5. The predicted molar refractivity (Wildman–Crippen MR) is 72.2 cm³/mol. The standard InChI is InChI=1S/C12H25N3O4/c1-12(2,8-15(3)4)7-13-11(18)14-9(6-19-5)10(16)17/h9H,6-8H2,1-5H3,(H,16,17)(H2,13,14,18). The van der Waals surface area contributed by atoms with E-state index in [0.29, 0.717) is 6.54 Å². The Morgan fingerprint density at radius 3 is 2.37 bits per heavy atom. The molecular formula is C12H25N3O4. The first-order chi connectivity index (χ1) is 8.68. The number of carboxylic acids is 1. The molecule has 2 amide bonds. The molecule has 7 nitrogen and oxygen atoms in total. The van der Waals surface area contributed by atoms with Crippen LogP contribution in [0.2, 0.25) is 0 Å². The van der Waals surface area contributed by atoms with Crippen molar-refractivity contribution in [3.8, 4) is 0 Å². The highest BCUT2D eigenvalue weighted by Gasteiger charge is 2.22. The number of hydrogen-bond donors (Lipinski definition) is 3. The van der Waals surface area contributed by atoms with Crippen molar-refractivity contribution in [3.63, 3.8) is 0 Å². The largest absolute Gasteiger partial charge is 0.480 e. The first-order valence-electron chi connectivity index (χ1n) is 6.09. The Labute approximate surface area is 114 Å². The maximum atomic E-state index is 11.6. The van der Waals surface area contributed by atoms with Crippen LogP contribution < -0.4 is 10.6 Å². The number of methoxy groups -OCH3 is 1. The van der Waals surface area contributed by atoms with Crippen LogP contribution in [0.3, 0.4) is 0 Å². The fourth-order valence-corrected chi connectivity index (χ4v) is 1.78. The first kappa shape index (κ1) is 17.7. The lowest BCUT2D eigenvalue weighted by atomic mass is 9.93. The van der Waals surface area contributed by atoms with Gasteiger partial charge in [-0.1, -0.05) is 13.8 Å². The van der Waals surface area contributed by atoms with Gasteiger partial charge in [-0.25, -0.2) is 9.59 Å². The zero-order valence-electron chi connectivity index (χ0n) is 12.3. The summed E-state index contributed by atoms with van der Waals surface area (Å²) in [4.78, 5) is 24.5. The molecule has 19 heavy (non-hydrogen) atoms. The molecule has 1 atom stereocenters. The molecule has 0 aromatic rings. The molecule has 0 aliphatic rings. The van der Waals surface area contributed by atoms with E-state index in [-0.39, 0.29) is 12.0 Å². The molecule has 1 unspecified atom stereocenters. The van der Waals surface area contributed by atoms with Gasteiger partial charge in [-0.05, 0) is 19.5 Å². The zero-order chi connectivity index (χ0) is 15.1. The average Bonchev–Trinajstić information content (AvgIpc) is 2.24. The molecule has 0 aliphatic carbocycles. The Hall–Kier alpha value is -1.34. The summed E-state index contributed by atoms with van der Waals surface area (Å²) in [5.74, 6) is -1.12. The van der Waals surface area contributed by atoms with Crippen LogP contribution in [0.25, 0.3) is 0 Å². The minimum Gasteiger partial charge on any atom is -0.480 e. The molecule has 0 heterocycles. The number of hydrogen-bond acceptors (Lipinski definition) is 4. The number of nitrogens with one attached hydrogen (secondary N) is 2. The summed E-state index contributed by atoms with van der Waals surface area (Å²) in [6, 6.07) is -1.54. The van der Waals surface area contributed by atoms with Crippen LogP contribution in [0, 0.1) is 5.41 Å². The molecule has 112 valence electrons. The summed E-state index contributed by atoms with van der Waals surface area (Å²) in [7, 11) is 5.30. The number of carbonyl (C=O) groups excluding carboxylic acids is 1. The lowest BCUT2D eigenvalue weighted by Gasteiger charge is -2.28. The molecule has 0 aliphatic heterocycles. The van der Waals surface area contributed by atoms with Crippen LogP contribution in [-0.2, 0) is 9.53 Å². The van der Waals surface area contributed by atoms with E-state index in [1.165, 1.54) is 7.11 Å². The van der Waals surface area contributed by atoms with Crippen molar-refractivity contribution in [1.29, 1.82) is 0 Å². The molecule has 0 fully saturated rings. The van der Waals surface area contributed by atoms with Crippen LogP contribution in [0.5, 0.6) is 0 Å². The van der Waals surface area contributed by atoms with Gasteiger partial charge >= 0.3 is 12.0 Å². The maximum Gasteiger partial charge on any atom is 0.328 e. The normalized spacial score (nSPS) is 13.2. The molecule has 0 spiro atoms. The molecule has 0 rings (SSSR count). The highest BCUT2D eigenvalue weighted by Crippen LogP contribution is 2.13. The van der Waals surface area contributed by atoms with Gasteiger partial charge < -0.3 is 25.4 Å². The van der Waals surface area contributed by atoms with E-state index in [1.54, 1.807) is 0 Å². The number of nitrogens with zero attached hydrogens (tertiary/aromatic N) is 1. The number of urea groups is 1. The molecule has 3 N–H and O–H groups in total. The second-order valence-corrected chi connectivity index (χ2v) is 5.58. The monoisotopic (exact) mass is 275 g/mol. The van der Waals surface area contributed by atoms with E-state index in [9.17, 15) is 9.59 Å². The fourth-order valence-electron chi connectivity index (χ4n) is 1.78. The van der Waals surface area contributed by atoms with E-state index >= 15 is 0 Å². The summed E-state index contributed by atoms with van der Waals surface area (Å²) in [6.07, 6.45) is 0. The van der Waals surface area contributed by atoms with Crippen molar-refractivity contribution in [3.05, 3.63) is 0 Å². The van der Waals surface area contributed by atoms with Crippen molar-refractivity contribution in [1.82, 2.24) is 15.5 Å². The van der Waals surface area contributed by atoms with Gasteiger partial charge in [-0.2, -0.15) is 0 Å². The average molecular weight is 275 g/mol. The van der Waals surface area contributed by atoms with Gasteiger partial charge in [-0.15, -0.1) is 0 Å². The van der Waals surface area contributed by atoms with Crippen molar-refractivity contribution >= 4 is 12.0 Å². The third-order valence-corrected chi connectivity index (χ3v) is 2.41. The second-order valence-electron chi connectivity index (χ2n) is 5.58. The van der Waals surface area contributed by atoms with E-state index in [0.717, 1.165) is 6.54 Å². The Kier molecular flexibility index (Phi) is 7.40. The van der Waals surface area contributed by atoms with E-state index < -0.39 is 18.0 Å². The summed E-state index contributed by atoms with van der Waals surface area (Å²) in [5.41, 5.74) is -0.0964. The van der Waals surface area contributed by atoms with Crippen molar-refractivity contribution in [2.24, 2.45) is 5.41 Å². The molecular weight excluding hydrogens is 250 g/mol.